The lowest BCUT2D eigenvalue weighted by Gasteiger charge is -2.30. The van der Waals surface area contributed by atoms with Gasteiger partial charge in [-0.25, -0.2) is 9.97 Å². The van der Waals surface area contributed by atoms with Crippen LogP contribution in [0.2, 0.25) is 0 Å². The van der Waals surface area contributed by atoms with E-state index in [2.05, 4.69) is 48.6 Å². The third-order valence-electron chi connectivity index (χ3n) is 4.52. The summed E-state index contributed by atoms with van der Waals surface area (Å²) in [6.07, 6.45) is 12.9. The number of nitrogens with zero attached hydrogens (tertiary/aromatic N) is 6. The van der Waals surface area contributed by atoms with E-state index in [1.165, 1.54) is 25.7 Å². The van der Waals surface area contributed by atoms with Crippen LogP contribution in [0.1, 0.15) is 25.7 Å². The van der Waals surface area contributed by atoms with Crippen molar-refractivity contribution >= 4 is 33.6 Å². The third kappa shape index (κ3) is 2.24. The summed E-state index contributed by atoms with van der Waals surface area (Å²) >= 11 is 3.43. The molecule has 0 bridgehead atoms. The van der Waals surface area contributed by atoms with Crippen LogP contribution in [0.3, 0.4) is 0 Å². The molecule has 1 aliphatic carbocycles. The highest BCUT2D eigenvalue weighted by atomic mass is 79.9. The summed E-state index contributed by atoms with van der Waals surface area (Å²) in [4.78, 5) is 16.0. The van der Waals surface area contributed by atoms with Gasteiger partial charge in [-0.3, -0.25) is 4.57 Å². The first-order valence-corrected chi connectivity index (χ1v) is 8.42. The summed E-state index contributed by atoms with van der Waals surface area (Å²) in [7, 11) is 2.06. The van der Waals surface area contributed by atoms with Crippen LogP contribution < -0.4 is 4.90 Å². The molecule has 6 nitrogen and oxygen atoms in total. The van der Waals surface area contributed by atoms with Crippen molar-refractivity contribution in [2.45, 2.75) is 31.7 Å². The zero-order chi connectivity index (χ0) is 15.1. The number of aromatic nitrogens is 4. The maximum absolute atomic E-state index is 4.84. The van der Waals surface area contributed by atoms with E-state index in [-0.39, 0.29) is 0 Å². The largest absolute Gasteiger partial charge is 0.338 e. The van der Waals surface area contributed by atoms with Gasteiger partial charge in [0.15, 0.2) is 10.9 Å². The fraction of sp³-hybridized carbons (Fsp3) is 0.467. The van der Waals surface area contributed by atoms with Crippen LogP contribution in [-0.4, -0.2) is 49.9 Å². The lowest BCUT2D eigenvalue weighted by Crippen LogP contribution is -2.39. The summed E-state index contributed by atoms with van der Waals surface area (Å²) in [5, 5.41) is 0. The van der Waals surface area contributed by atoms with Gasteiger partial charge in [0.1, 0.15) is 13.2 Å². The summed E-state index contributed by atoms with van der Waals surface area (Å²) in [6.45, 7) is 0.912. The van der Waals surface area contributed by atoms with Gasteiger partial charge in [-0.15, -0.1) is 0 Å². The molecule has 4 rings (SSSR count). The zero-order valence-corrected chi connectivity index (χ0v) is 14.1. The molecule has 0 aromatic carbocycles. The molecule has 0 spiro atoms. The van der Waals surface area contributed by atoms with Gasteiger partial charge in [-0.2, -0.15) is 9.56 Å². The molecule has 3 heterocycles. The smallest absolute Gasteiger partial charge is 0.266 e. The molecular weight excluding hydrogens is 344 g/mol. The van der Waals surface area contributed by atoms with Crippen LogP contribution >= 0.6 is 15.9 Å². The van der Waals surface area contributed by atoms with Crippen molar-refractivity contribution in [3.05, 3.63) is 23.3 Å². The molecule has 1 saturated carbocycles. The molecule has 0 N–H and O–H groups in total. The van der Waals surface area contributed by atoms with E-state index in [0.29, 0.717) is 12.0 Å². The van der Waals surface area contributed by atoms with Crippen molar-refractivity contribution in [2.75, 3.05) is 18.5 Å². The molecule has 22 heavy (non-hydrogen) atoms. The topological polar surface area (TPSA) is 49.9 Å². The normalized spacial score (nSPS) is 18.5. The SMILES string of the molecule is C[N+]1=CCN(C2CCCC2)c2nc(-n3ccnc3Br)ncc21. The first-order valence-electron chi connectivity index (χ1n) is 7.63. The maximum Gasteiger partial charge on any atom is 0.266 e. The van der Waals surface area contributed by atoms with E-state index in [4.69, 9.17) is 4.98 Å². The van der Waals surface area contributed by atoms with E-state index in [9.17, 15) is 0 Å². The van der Waals surface area contributed by atoms with Crippen LogP contribution in [0.5, 0.6) is 0 Å². The summed E-state index contributed by atoms with van der Waals surface area (Å²) in [5.74, 6) is 1.68. The van der Waals surface area contributed by atoms with Gasteiger partial charge in [0.05, 0.1) is 6.54 Å². The maximum atomic E-state index is 4.84. The molecule has 2 aromatic rings. The Balaban J connectivity index is 1.80. The Morgan fingerprint density at radius 3 is 2.82 bits per heavy atom. The quantitative estimate of drug-likeness (QED) is 0.771. The Labute approximate surface area is 137 Å². The van der Waals surface area contributed by atoms with Gasteiger partial charge in [0, 0.05) is 18.4 Å². The number of rotatable bonds is 2. The highest BCUT2D eigenvalue weighted by Crippen LogP contribution is 2.34. The third-order valence-corrected chi connectivity index (χ3v) is 5.10. The van der Waals surface area contributed by atoms with Crippen molar-refractivity contribution in [3.8, 4) is 5.95 Å². The first kappa shape index (κ1) is 13.9. The minimum absolute atomic E-state index is 0.595. The Morgan fingerprint density at radius 1 is 1.27 bits per heavy atom. The van der Waals surface area contributed by atoms with Gasteiger partial charge >= 0.3 is 0 Å². The standard InChI is InChI=1S/C15H18BrN6/c1-20-8-9-21(11-4-2-3-5-11)13-12(20)10-18-15(19-13)22-7-6-17-14(22)16/h6-8,10-11H,2-5,9H2,1H3/q+1. The summed E-state index contributed by atoms with van der Waals surface area (Å²) in [6, 6.07) is 0.595. The Morgan fingerprint density at radius 2 is 2.09 bits per heavy atom. The second-order valence-corrected chi connectivity index (χ2v) is 6.54. The highest BCUT2D eigenvalue weighted by Gasteiger charge is 2.32. The van der Waals surface area contributed by atoms with Crippen LogP contribution in [0.25, 0.3) is 5.95 Å². The second kappa shape index (κ2) is 5.46. The molecular formula is C15H18BrN6+. The van der Waals surface area contributed by atoms with Crippen LogP contribution in [0, 0.1) is 0 Å². The van der Waals surface area contributed by atoms with E-state index in [0.717, 1.165) is 22.8 Å². The van der Waals surface area contributed by atoms with Gasteiger partial charge in [-0.05, 0) is 28.8 Å². The average Bonchev–Trinajstić information content (AvgIpc) is 3.19. The summed E-state index contributed by atoms with van der Waals surface area (Å²) < 4.78 is 4.69. The van der Waals surface area contributed by atoms with Crippen LogP contribution in [0.15, 0.2) is 23.3 Å². The van der Waals surface area contributed by atoms with E-state index in [1.807, 2.05) is 17.0 Å². The van der Waals surface area contributed by atoms with Crippen LogP contribution in [-0.2, 0) is 0 Å². The van der Waals surface area contributed by atoms with Crippen molar-refractivity contribution in [3.63, 3.8) is 0 Å². The predicted octanol–water partition coefficient (Wildman–Crippen LogP) is 2.53. The molecule has 0 unspecified atom stereocenters. The van der Waals surface area contributed by atoms with Crippen molar-refractivity contribution < 1.29 is 4.58 Å². The number of fused-ring (bicyclic) bond motifs is 1. The number of halogens is 1. The minimum atomic E-state index is 0.595. The molecule has 0 atom stereocenters. The predicted molar refractivity (Wildman–Crippen MR) is 88.4 cm³/mol. The first-order chi connectivity index (χ1) is 10.7. The molecule has 114 valence electrons. The molecule has 1 fully saturated rings. The van der Waals surface area contributed by atoms with Crippen LogP contribution in [0.4, 0.5) is 11.5 Å². The molecule has 0 amide bonds. The minimum Gasteiger partial charge on any atom is -0.338 e. The molecule has 2 aliphatic rings. The van der Waals surface area contributed by atoms with Gasteiger partial charge in [-0.1, -0.05) is 12.8 Å². The molecule has 2 aromatic heterocycles. The van der Waals surface area contributed by atoms with E-state index < -0.39 is 0 Å². The van der Waals surface area contributed by atoms with Gasteiger partial charge < -0.3 is 4.90 Å². The zero-order valence-electron chi connectivity index (χ0n) is 12.5. The average molecular weight is 362 g/mol. The highest BCUT2D eigenvalue weighted by molar-refractivity contribution is 9.10. The van der Waals surface area contributed by atoms with E-state index >= 15 is 0 Å². The Kier molecular flexibility index (Phi) is 3.44. The lowest BCUT2D eigenvalue weighted by atomic mass is 10.2. The van der Waals surface area contributed by atoms with Crippen molar-refractivity contribution in [1.29, 1.82) is 0 Å². The van der Waals surface area contributed by atoms with Gasteiger partial charge in [0.2, 0.25) is 11.8 Å². The summed E-state index contributed by atoms with van der Waals surface area (Å²) in [5.41, 5.74) is 1.07. The number of hydrogen-bond donors (Lipinski definition) is 0. The van der Waals surface area contributed by atoms with Gasteiger partial charge in [0.25, 0.3) is 5.69 Å². The number of imidazole rings is 1. The monoisotopic (exact) mass is 361 g/mol. The van der Waals surface area contributed by atoms with E-state index in [1.54, 1.807) is 6.20 Å². The Bertz CT molecular complexity index is 731. The molecule has 1 aliphatic heterocycles. The molecule has 7 heteroatoms. The fourth-order valence-electron chi connectivity index (χ4n) is 3.30. The molecule has 0 saturated heterocycles. The van der Waals surface area contributed by atoms with Crippen molar-refractivity contribution in [2.24, 2.45) is 0 Å². The number of anilines is 1. The fourth-order valence-corrected chi connectivity index (χ4v) is 3.70. The number of hydrogen-bond acceptors (Lipinski definition) is 4. The molecule has 0 radical (unpaired) electrons. The van der Waals surface area contributed by atoms with Crippen molar-refractivity contribution in [1.82, 2.24) is 19.5 Å². The second-order valence-electron chi connectivity index (χ2n) is 5.83. The Hall–Kier alpha value is -1.76. The lowest BCUT2D eigenvalue weighted by molar-refractivity contribution is -0.401.